The molecule has 2 N–H and O–H groups in total. The molecule has 1 aromatic carbocycles. The molecule has 1 fully saturated rings. The highest BCUT2D eigenvalue weighted by Gasteiger charge is 2.14. The SMILES string of the molecule is OC(CNCCC1CCCC1)COc1c(Cl)cccc1Cl. The smallest absolute Gasteiger partial charge is 0.156 e. The third-order valence-corrected chi connectivity index (χ3v) is 4.52. The molecule has 0 bridgehead atoms. The molecule has 2 rings (SSSR count). The molecule has 0 saturated heterocycles. The molecule has 0 aromatic heterocycles. The molecule has 5 heteroatoms. The third-order valence-electron chi connectivity index (χ3n) is 3.92. The van der Waals surface area contributed by atoms with E-state index in [1.165, 1.54) is 32.1 Å². The zero-order valence-corrected chi connectivity index (χ0v) is 13.7. The Morgan fingerprint density at radius 2 is 1.90 bits per heavy atom. The van der Waals surface area contributed by atoms with E-state index in [1.807, 2.05) is 0 Å². The number of rotatable bonds is 8. The van der Waals surface area contributed by atoms with E-state index in [2.05, 4.69) is 5.32 Å². The van der Waals surface area contributed by atoms with Crippen molar-refractivity contribution in [1.29, 1.82) is 0 Å². The van der Waals surface area contributed by atoms with Crippen molar-refractivity contribution in [3.63, 3.8) is 0 Å². The summed E-state index contributed by atoms with van der Waals surface area (Å²) in [6.45, 7) is 1.66. The van der Waals surface area contributed by atoms with Crippen molar-refractivity contribution in [2.45, 2.75) is 38.2 Å². The topological polar surface area (TPSA) is 41.5 Å². The Morgan fingerprint density at radius 3 is 2.57 bits per heavy atom. The number of para-hydroxylation sites is 1. The lowest BCUT2D eigenvalue weighted by molar-refractivity contribution is 0.106. The highest BCUT2D eigenvalue weighted by atomic mass is 35.5. The van der Waals surface area contributed by atoms with Crippen molar-refractivity contribution in [2.24, 2.45) is 5.92 Å². The molecule has 1 aliphatic carbocycles. The second-order valence-corrected chi connectivity index (χ2v) is 6.47. The van der Waals surface area contributed by atoms with Gasteiger partial charge in [0.1, 0.15) is 12.7 Å². The van der Waals surface area contributed by atoms with E-state index in [9.17, 15) is 5.11 Å². The Kier molecular flexibility index (Phi) is 7.11. The summed E-state index contributed by atoms with van der Waals surface area (Å²) in [7, 11) is 0. The summed E-state index contributed by atoms with van der Waals surface area (Å²) in [5, 5.41) is 14.1. The maximum absolute atomic E-state index is 9.91. The zero-order chi connectivity index (χ0) is 15.1. The molecule has 0 heterocycles. The Bertz CT molecular complexity index is 416. The van der Waals surface area contributed by atoms with Gasteiger partial charge in [-0.05, 0) is 31.0 Å². The first-order valence-corrected chi connectivity index (χ1v) is 8.38. The summed E-state index contributed by atoms with van der Waals surface area (Å²) in [6.07, 6.45) is 6.10. The van der Waals surface area contributed by atoms with Crippen LogP contribution in [0.3, 0.4) is 0 Å². The number of benzene rings is 1. The van der Waals surface area contributed by atoms with Crippen LogP contribution in [0, 0.1) is 5.92 Å². The first-order valence-electron chi connectivity index (χ1n) is 7.62. The maximum Gasteiger partial charge on any atom is 0.156 e. The zero-order valence-electron chi connectivity index (χ0n) is 12.2. The van der Waals surface area contributed by atoms with Crippen LogP contribution in [-0.4, -0.2) is 30.9 Å². The highest BCUT2D eigenvalue weighted by Crippen LogP contribution is 2.32. The van der Waals surface area contributed by atoms with E-state index in [0.717, 1.165) is 12.5 Å². The quantitative estimate of drug-likeness (QED) is 0.710. The molecule has 0 spiro atoms. The van der Waals surface area contributed by atoms with E-state index in [4.69, 9.17) is 27.9 Å². The van der Waals surface area contributed by atoms with Crippen molar-refractivity contribution < 1.29 is 9.84 Å². The molecule has 0 amide bonds. The average molecular weight is 332 g/mol. The van der Waals surface area contributed by atoms with Gasteiger partial charge in [-0.3, -0.25) is 0 Å². The van der Waals surface area contributed by atoms with Crippen LogP contribution in [0.25, 0.3) is 0 Å². The van der Waals surface area contributed by atoms with Crippen LogP contribution in [0.1, 0.15) is 32.1 Å². The van der Waals surface area contributed by atoms with Crippen LogP contribution in [0.15, 0.2) is 18.2 Å². The van der Waals surface area contributed by atoms with Gasteiger partial charge in [0.15, 0.2) is 5.75 Å². The lowest BCUT2D eigenvalue weighted by atomic mass is 10.0. The number of ether oxygens (including phenoxy) is 1. The van der Waals surface area contributed by atoms with Crippen molar-refractivity contribution in [3.05, 3.63) is 28.2 Å². The number of aliphatic hydroxyl groups excluding tert-OH is 1. The molecule has 1 unspecified atom stereocenters. The molecule has 118 valence electrons. The number of hydrogen-bond acceptors (Lipinski definition) is 3. The van der Waals surface area contributed by atoms with Gasteiger partial charge in [0.05, 0.1) is 10.0 Å². The van der Waals surface area contributed by atoms with E-state index in [1.54, 1.807) is 18.2 Å². The lowest BCUT2D eigenvalue weighted by Crippen LogP contribution is -2.32. The summed E-state index contributed by atoms with van der Waals surface area (Å²) >= 11 is 12.0. The van der Waals surface area contributed by atoms with Crippen LogP contribution in [0.5, 0.6) is 5.75 Å². The fourth-order valence-corrected chi connectivity index (χ4v) is 3.24. The summed E-state index contributed by atoms with van der Waals surface area (Å²) in [6, 6.07) is 5.20. The summed E-state index contributed by atoms with van der Waals surface area (Å²) in [4.78, 5) is 0. The first kappa shape index (κ1) is 16.9. The third kappa shape index (κ3) is 5.67. The monoisotopic (exact) mass is 331 g/mol. The summed E-state index contributed by atoms with van der Waals surface area (Å²) < 4.78 is 5.51. The van der Waals surface area contributed by atoms with Crippen molar-refractivity contribution in [3.8, 4) is 5.75 Å². The Labute approximate surface area is 136 Å². The lowest BCUT2D eigenvalue weighted by Gasteiger charge is -2.15. The Hall–Kier alpha value is -0.480. The van der Waals surface area contributed by atoms with Crippen LogP contribution in [0.4, 0.5) is 0 Å². The minimum Gasteiger partial charge on any atom is -0.488 e. The van der Waals surface area contributed by atoms with Gasteiger partial charge in [0.25, 0.3) is 0 Å². The minimum atomic E-state index is -0.569. The molecular formula is C16H23Cl2NO2. The van der Waals surface area contributed by atoms with Crippen molar-refractivity contribution in [2.75, 3.05) is 19.7 Å². The summed E-state index contributed by atoms with van der Waals surface area (Å²) in [5.41, 5.74) is 0. The molecule has 1 saturated carbocycles. The standard InChI is InChI=1S/C16H23Cl2NO2/c17-14-6-3-7-15(18)16(14)21-11-13(20)10-19-9-8-12-4-1-2-5-12/h3,6-7,12-13,19-20H,1-2,4-5,8-11H2. The fourth-order valence-electron chi connectivity index (χ4n) is 2.73. The van der Waals surface area contributed by atoms with Crippen LogP contribution >= 0.6 is 23.2 Å². The Morgan fingerprint density at radius 1 is 1.24 bits per heavy atom. The fraction of sp³-hybridized carbons (Fsp3) is 0.625. The van der Waals surface area contributed by atoms with Gasteiger partial charge in [0.2, 0.25) is 0 Å². The Balaban J connectivity index is 1.62. The minimum absolute atomic E-state index is 0.180. The number of hydrogen-bond donors (Lipinski definition) is 2. The van der Waals surface area contributed by atoms with Crippen LogP contribution < -0.4 is 10.1 Å². The molecule has 0 aliphatic heterocycles. The van der Waals surface area contributed by atoms with E-state index in [-0.39, 0.29) is 6.61 Å². The van der Waals surface area contributed by atoms with Gasteiger partial charge < -0.3 is 15.2 Å². The number of aliphatic hydroxyl groups is 1. The van der Waals surface area contributed by atoms with E-state index >= 15 is 0 Å². The number of halogens is 2. The number of nitrogens with one attached hydrogen (secondary N) is 1. The molecule has 0 radical (unpaired) electrons. The van der Waals surface area contributed by atoms with Crippen molar-refractivity contribution in [1.82, 2.24) is 5.32 Å². The van der Waals surface area contributed by atoms with Crippen LogP contribution in [-0.2, 0) is 0 Å². The predicted octanol–water partition coefficient (Wildman–Crippen LogP) is 3.90. The van der Waals surface area contributed by atoms with Gasteiger partial charge in [0, 0.05) is 6.54 Å². The van der Waals surface area contributed by atoms with E-state index < -0.39 is 6.10 Å². The molecular weight excluding hydrogens is 309 g/mol. The van der Waals surface area contributed by atoms with Gasteiger partial charge in [-0.2, -0.15) is 0 Å². The summed E-state index contributed by atoms with van der Waals surface area (Å²) in [5.74, 6) is 1.30. The predicted molar refractivity (Wildman–Crippen MR) is 87.4 cm³/mol. The van der Waals surface area contributed by atoms with E-state index in [0.29, 0.717) is 22.3 Å². The van der Waals surface area contributed by atoms with Gasteiger partial charge in [-0.1, -0.05) is 55.0 Å². The van der Waals surface area contributed by atoms with Crippen molar-refractivity contribution >= 4 is 23.2 Å². The molecule has 21 heavy (non-hydrogen) atoms. The molecule has 1 aliphatic rings. The van der Waals surface area contributed by atoms with Gasteiger partial charge in [-0.25, -0.2) is 0 Å². The second-order valence-electron chi connectivity index (χ2n) is 5.66. The normalized spacial score (nSPS) is 17.1. The maximum atomic E-state index is 9.91. The molecule has 1 aromatic rings. The second kappa shape index (κ2) is 8.84. The van der Waals surface area contributed by atoms with Crippen LogP contribution in [0.2, 0.25) is 10.0 Å². The van der Waals surface area contributed by atoms with Gasteiger partial charge in [-0.15, -0.1) is 0 Å². The highest BCUT2D eigenvalue weighted by molar-refractivity contribution is 6.37. The average Bonchev–Trinajstić information content (AvgIpc) is 2.96. The largest absolute Gasteiger partial charge is 0.488 e. The first-order chi connectivity index (χ1) is 10.2. The molecule has 1 atom stereocenters. The molecule has 3 nitrogen and oxygen atoms in total. The van der Waals surface area contributed by atoms with Gasteiger partial charge >= 0.3 is 0 Å².